The molecule has 2 aromatic heterocycles. The lowest BCUT2D eigenvalue weighted by Gasteiger charge is -2.14. The van der Waals surface area contributed by atoms with Gasteiger partial charge in [0.25, 0.3) is 0 Å². The standard InChI is InChI=1S/C18H18N4S/c1-11-9-14(10-12(2)20-11)15-16(13-7-5-4-6-8-13)21-18(23-3)22-17(15)19/h4-10H,1-3H3,(H2,19,21,22). The number of aromatic nitrogens is 3. The van der Waals surface area contributed by atoms with E-state index in [4.69, 9.17) is 10.7 Å². The molecule has 0 unspecified atom stereocenters. The van der Waals surface area contributed by atoms with E-state index in [0.29, 0.717) is 11.0 Å². The molecule has 4 nitrogen and oxygen atoms in total. The third-order valence-corrected chi connectivity index (χ3v) is 4.06. The molecule has 0 saturated heterocycles. The van der Waals surface area contributed by atoms with Gasteiger partial charge in [0.1, 0.15) is 5.82 Å². The van der Waals surface area contributed by atoms with E-state index in [-0.39, 0.29) is 0 Å². The highest BCUT2D eigenvalue weighted by molar-refractivity contribution is 7.98. The molecule has 1 aromatic carbocycles. The fraction of sp³-hybridized carbons (Fsp3) is 0.167. The smallest absolute Gasteiger partial charge is 0.189 e. The van der Waals surface area contributed by atoms with Crippen molar-refractivity contribution >= 4 is 17.6 Å². The summed E-state index contributed by atoms with van der Waals surface area (Å²) in [4.78, 5) is 13.6. The summed E-state index contributed by atoms with van der Waals surface area (Å²) in [5.74, 6) is 0.494. The Morgan fingerprint density at radius 1 is 0.870 bits per heavy atom. The van der Waals surface area contributed by atoms with Crippen LogP contribution in [-0.4, -0.2) is 21.2 Å². The van der Waals surface area contributed by atoms with Crippen LogP contribution in [0, 0.1) is 13.8 Å². The van der Waals surface area contributed by atoms with Crippen molar-refractivity contribution in [1.82, 2.24) is 15.0 Å². The molecule has 116 valence electrons. The Balaban J connectivity index is 2.31. The van der Waals surface area contributed by atoms with Crippen LogP contribution >= 0.6 is 11.8 Å². The van der Waals surface area contributed by atoms with E-state index in [2.05, 4.69) is 9.97 Å². The molecule has 2 heterocycles. The Morgan fingerprint density at radius 3 is 2.13 bits per heavy atom. The molecule has 0 aliphatic rings. The van der Waals surface area contributed by atoms with Gasteiger partial charge in [-0.15, -0.1) is 0 Å². The van der Waals surface area contributed by atoms with Crippen LogP contribution in [0.1, 0.15) is 11.4 Å². The highest BCUT2D eigenvalue weighted by Gasteiger charge is 2.16. The van der Waals surface area contributed by atoms with Crippen molar-refractivity contribution in [2.75, 3.05) is 12.0 Å². The molecule has 3 aromatic rings. The number of hydrogen-bond acceptors (Lipinski definition) is 5. The summed E-state index contributed by atoms with van der Waals surface area (Å²) < 4.78 is 0. The minimum Gasteiger partial charge on any atom is -0.383 e. The quantitative estimate of drug-likeness (QED) is 0.580. The molecule has 5 heteroatoms. The number of thioether (sulfide) groups is 1. The van der Waals surface area contributed by atoms with Gasteiger partial charge in [0.2, 0.25) is 0 Å². The van der Waals surface area contributed by atoms with Gasteiger partial charge in [-0.05, 0) is 37.8 Å². The van der Waals surface area contributed by atoms with Crippen LogP contribution in [0.2, 0.25) is 0 Å². The highest BCUT2D eigenvalue weighted by Crippen LogP contribution is 2.36. The topological polar surface area (TPSA) is 64.7 Å². The van der Waals surface area contributed by atoms with Crippen LogP contribution in [0.15, 0.2) is 47.6 Å². The van der Waals surface area contributed by atoms with Crippen LogP contribution < -0.4 is 5.73 Å². The molecule has 0 atom stereocenters. The summed E-state index contributed by atoms with van der Waals surface area (Å²) in [6.07, 6.45) is 1.95. The van der Waals surface area contributed by atoms with Gasteiger partial charge in [0, 0.05) is 17.0 Å². The fourth-order valence-electron chi connectivity index (χ4n) is 2.62. The first kappa shape index (κ1) is 15.5. The summed E-state index contributed by atoms with van der Waals surface area (Å²) in [7, 11) is 0. The Hall–Kier alpha value is -2.40. The van der Waals surface area contributed by atoms with Gasteiger partial charge < -0.3 is 5.73 Å². The van der Waals surface area contributed by atoms with Crippen molar-refractivity contribution in [3.63, 3.8) is 0 Å². The average molecular weight is 322 g/mol. The van der Waals surface area contributed by atoms with Gasteiger partial charge in [-0.2, -0.15) is 0 Å². The first-order chi connectivity index (χ1) is 11.1. The number of rotatable bonds is 3. The number of aryl methyl sites for hydroxylation is 2. The molecule has 0 aliphatic carbocycles. The number of hydrogen-bond donors (Lipinski definition) is 1. The van der Waals surface area contributed by atoms with Gasteiger partial charge in [-0.3, -0.25) is 4.98 Å². The average Bonchev–Trinajstić information content (AvgIpc) is 2.53. The van der Waals surface area contributed by atoms with E-state index < -0.39 is 0 Å². The Morgan fingerprint density at radius 2 is 1.52 bits per heavy atom. The van der Waals surface area contributed by atoms with E-state index in [1.807, 2.05) is 62.6 Å². The number of pyridine rings is 1. The van der Waals surface area contributed by atoms with Crippen LogP contribution in [0.3, 0.4) is 0 Å². The van der Waals surface area contributed by atoms with Gasteiger partial charge in [-0.1, -0.05) is 42.1 Å². The van der Waals surface area contributed by atoms with Crippen molar-refractivity contribution in [3.8, 4) is 22.4 Å². The number of benzene rings is 1. The van der Waals surface area contributed by atoms with E-state index in [1.54, 1.807) is 0 Å². The normalized spacial score (nSPS) is 10.7. The van der Waals surface area contributed by atoms with Gasteiger partial charge >= 0.3 is 0 Å². The molecule has 0 fully saturated rings. The third-order valence-electron chi connectivity index (χ3n) is 3.52. The summed E-state index contributed by atoms with van der Waals surface area (Å²) in [5.41, 5.74) is 11.9. The number of nitrogens with two attached hydrogens (primary N) is 1. The van der Waals surface area contributed by atoms with Crippen molar-refractivity contribution in [3.05, 3.63) is 53.9 Å². The highest BCUT2D eigenvalue weighted by atomic mass is 32.2. The van der Waals surface area contributed by atoms with Crippen LogP contribution in [0.25, 0.3) is 22.4 Å². The van der Waals surface area contributed by atoms with Crippen LogP contribution in [-0.2, 0) is 0 Å². The van der Waals surface area contributed by atoms with Gasteiger partial charge in [-0.25, -0.2) is 9.97 Å². The van der Waals surface area contributed by atoms with Crippen molar-refractivity contribution in [2.45, 2.75) is 19.0 Å². The number of nitrogens with zero attached hydrogens (tertiary/aromatic N) is 3. The summed E-state index contributed by atoms with van der Waals surface area (Å²) in [6, 6.07) is 14.1. The van der Waals surface area contributed by atoms with Gasteiger partial charge in [0.15, 0.2) is 5.16 Å². The Labute approximate surface area is 140 Å². The molecule has 2 N–H and O–H groups in total. The summed E-state index contributed by atoms with van der Waals surface area (Å²) >= 11 is 1.49. The minimum absolute atomic E-state index is 0.494. The lowest BCUT2D eigenvalue weighted by atomic mass is 9.99. The lowest BCUT2D eigenvalue weighted by Crippen LogP contribution is -2.02. The molecular weight excluding hydrogens is 304 g/mol. The van der Waals surface area contributed by atoms with Crippen LogP contribution in [0.4, 0.5) is 5.82 Å². The second-order valence-corrected chi connectivity index (χ2v) is 6.10. The molecular formula is C18H18N4S. The Bertz CT molecular complexity index is 827. The van der Waals surface area contributed by atoms with E-state index in [0.717, 1.165) is 33.8 Å². The number of anilines is 1. The van der Waals surface area contributed by atoms with Crippen molar-refractivity contribution in [1.29, 1.82) is 0 Å². The monoisotopic (exact) mass is 322 g/mol. The molecule has 0 saturated carbocycles. The first-order valence-corrected chi connectivity index (χ1v) is 8.53. The molecule has 3 rings (SSSR count). The summed E-state index contributed by atoms with van der Waals surface area (Å²) in [6.45, 7) is 3.96. The number of nitrogen functional groups attached to an aromatic ring is 1. The fourth-order valence-corrected chi connectivity index (χ4v) is 2.99. The maximum atomic E-state index is 6.28. The van der Waals surface area contributed by atoms with E-state index >= 15 is 0 Å². The minimum atomic E-state index is 0.494. The second-order valence-electron chi connectivity index (χ2n) is 5.32. The SMILES string of the molecule is CSc1nc(N)c(-c2cc(C)nc(C)c2)c(-c2ccccc2)n1. The molecule has 0 spiro atoms. The van der Waals surface area contributed by atoms with Crippen molar-refractivity contribution in [2.24, 2.45) is 0 Å². The Kier molecular flexibility index (Phi) is 4.30. The zero-order valence-electron chi connectivity index (χ0n) is 13.4. The van der Waals surface area contributed by atoms with E-state index in [9.17, 15) is 0 Å². The predicted molar refractivity (Wildman–Crippen MR) is 96.4 cm³/mol. The van der Waals surface area contributed by atoms with Gasteiger partial charge in [0.05, 0.1) is 11.3 Å². The zero-order valence-corrected chi connectivity index (χ0v) is 14.2. The third kappa shape index (κ3) is 3.19. The molecule has 23 heavy (non-hydrogen) atoms. The second kappa shape index (κ2) is 6.38. The summed E-state index contributed by atoms with van der Waals surface area (Å²) in [5, 5.41) is 0.674. The van der Waals surface area contributed by atoms with Crippen LogP contribution in [0.5, 0.6) is 0 Å². The molecule has 0 amide bonds. The molecule has 0 aliphatic heterocycles. The maximum Gasteiger partial charge on any atom is 0.189 e. The largest absolute Gasteiger partial charge is 0.383 e. The molecule has 0 radical (unpaired) electrons. The van der Waals surface area contributed by atoms with E-state index in [1.165, 1.54) is 11.8 Å². The first-order valence-electron chi connectivity index (χ1n) is 7.31. The lowest BCUT2D eigenvalue weighted by molar-refractivity contribution is 0.986. The molecule has 0 bridgehead atoms. The predicted octanol–water partition coefficient (Wildman–Crippen LogP) is 4.13. The maximum absolute atomic E-state index is 6.28. The van der Waals surface area contributed by atoms with Crippen molar-refractivity contribution < 1.29 is 0 Å². The zero-order chi connectivity index (χ0) is 16.4.